The van der Waals surface area contributed by atoms with Gasteiger partial charge in [-0.05, 0) is 30.5 Å². The first-order chi connectivity index (χ1) is 13.1. The molecule has 1 N–H and O–H groups in total. The highest BCUT2D eigenvalue weighted by Crippen LogP contribution is 2.23. The minimum absolute atomic E-state index is 0.114. The second-order valence-corrected chi connectivity index (χ2v) is 7.97. The molecular formula is C19H16N4O2S2. The smallest absolute Gasteiger partial charge is 0.262 e. The molecule has 0 saturated carbocycles. The fraction of sp³-hybridized carbons (Fsp3) is 0.158. The molecular weight excluding hydrogens is 380 g/mol. The quantitative estimate of drug-likeness (QED) is 0.555. The molecule has 0 saturated heterocycles. The lowest BCUT2D eigenvalue weighted by atomic mass is 10.1. The number of carbonyl (C=O) groups is 1. The molecule has 8 heteroatoms. The van der Waals surface area contributed by atoms with Gasteiger partial charge in [-0.1, -0.05) is 12.1 Å². The zero-order valence-corrected chi connectivity index (χ0v) is 16.1. The molecule has 0 fully saturated rings. The molecule has 3 heterocycles. The largest absolute Gasteiger partial charge is 0.326 e. The monoisotopic (exact) mass is 396 g/mol. The average molecular weight is 396 g/mol. The van der Waals surface area contributed by atoms with Crippen molar-refractivity contribution in [3.05, 3.63) is 62.8 Å². The van der Waals surface area contributed by atoms with Crippen LogP contribution in [0.4, 0.5) is 5.69 Å². The van der Waals surface area contributed by atoms with Crippen LogP contribution in [0, 0.1) is 6.92 Å². The number of thiophene rings is 1. The maximum atomic E-state index is 12.3. The molecule has 3 aromatic heterocycles. The third-order valence-corrected chi connectivity index (χ3v) is 5.71. The Kier molecular flexibility index (Phi) is 4.83. The molecule has 0 spiro atoms. The van der Waals surface area contributed by atoms with Crippen molar-refractivity contribution in [2.24, 2.45) is 0 Å². The van der Waals surface area contributed by atoms with Crippen LogP contribution in [0.25, 0.3) is 21.5 Å². The second-order valence-electron chi connectivity index (χ2n) is 6.01. The van der Waals surface area contributed by atoms with E-state index in [-0.39, 0.29) is 17.9 Å². The summed E-state index contributed by atoms with van der Waals surface area (Å²) in [6.45, 7) is 2.26. The van der Waals surface area contributed by atoms with E-state index in [0.29, 0.717) is 11.9 Å². The highest BCUT2D eigenvalue weighted by atomic mass is 32.1. The number of nitrogens with zero attached hydrogens (tertiary/aromatic N) is 3. The zero-order valence-electron chi connectivity index (χ0n) is 14.5. The van der Waals surface area contributed by atoms with Crippen molar-refractivity contribution < 1.29 is 4.79 Å². The summed E-state index contributed by atoms with van der Waals surface area (Å²) in [5, 5.41) is 8.32. The summed E-state index contributed by atoms with van der Waals surface area (Å²) in [6, 6.07) is 9.34. The van der Waals surface area contributed by atoms with E-state index in [9.17, 15) is 9.59 Å². The number of hydrogen-bond acceptors (Lipinski definition) is 6. The first kappa shape index (κ1) is 17.6. The van der Waals surface area contributed by atoms with E-state index in [1.807, 2.05) is 41.9 Å². The van der Waals surface area contributed by atoms with E-state index in [1.165, 1.54) is 22.2 Å². The molecule has 4 aromatic rings. The van der Waals surface area contributed by atoms with Crippen LogP contribution >= 0.6 is 22.7 Å². The number of aryl methyl sites for hydroxylation is 2. The Labute approximate surface area is 163 Å². The summed E-state index contributed by atoms with van der Waals surface area (Å²) in [5.74, 6) is -0.149. The van der Waals surface area contributed by atoms with Gasteiger partial charge in [0.1, 0.15) is 4.83 Å². The van der Waals surface area contributed by atoms with Crippen molar-refractivity contribution in [2.45, 2.75) is 19.9 Å². The topological polar surface area (TPSA) is 76.9 Å². The molecule has 0 aliphatic carbocycles. The lowest BCUT2D eigenvalue weighted by Gasteiger charge is -2.07. The molecule has 136 valence electrons. The molecule has 0 aliphatic heterocycles. The van der Waals surface area contributed by atoms with Crippen LogP contribution in [0.3, 0.4) is 0 Å². The van der Waals surface area contributed by atoms with Crippen molar-refractivity contribution >= 4 is 44.5 Å². The van der Waals surface area contributed by atoms with Crippen LogP contribution in [0.1, 0.15) is 11.4 Å². The summed E-state index contributed by atoms with van der Waals surface area (Å²) in [6.07, 6.45) is 1.70. The van der Waals surface area contributed by atoms with E-state index < -0.39 is 0 Å². The molecule has 0 unspecified atom stereocenters. The Morgan fingerprint density at radius 2 is 2.00 bits per heavy atom. The molecule has 27 heavy (non-hydrogen) atoms. The maximum Gasteiger partial charge on any atom is 0.262 e. The van der Waals surface area contributed by atoms with Crippen LogP contribution in [-0.2, 0) is 11.3 Å². The number of carbonyl (C=O) groups excluding carboxylic acids is 1. The first-order valence-electron chi connectivity index (χ1n) is 8.35. The Bertz CT molecular complexity index is 1160. The molecule has 6 nitrogen and oxygen atoms in total. The molecule has 1 aromatic carbocycles. The van der Waals surface area contributed by atoms with Crippen LogP contribution in [0.2, 0.25) is 0 Å². The van der Waals surface area contributed by atoms with Crippen LogP contribution < -0.4 is 10.9 Å². The van der Waals surface area contributed by atoms with E-state index in [1.54, 1.807) is 17.4 Å². The number of hydrogen-bond donors (Lipinski definition) is 1. The molecule has 1 amide bonds. The van der Waals surface area contributed by atoms with E-state index >= 15 is 0 Å². The van der Waals surface area contributed by atoms with Crippen molar-refractivity contribution in [1.29, 1.82) is 0 Å². The standard InChI is InChI=1S/C19H16N4O2S2/c1-12-21-16(10-27-12)13-2-4-14(5-3-13)22-17(24)6-8-23-11-20-18-15(19(23)25)7-9-26-18/h2-5,7,9-11H,6,8H2,1H3,(H,22,24). The fourth-order valence-electron chi connectivity index (χ4n) is 2.72. The van der Waals surface area contributed by atoms with Crippen molar-refractivity contribution in [2.75, 3.05) is 5.32 Å². The van der Waals surface area contributed by atoms with Gasteiger partial charge in [-0.2, -0.15) is 0 Å². The highest BCUT2D eigenvalue weighted by Gasteiger charge is 2.08. The number of rotatable bonds is 5. The van der Waals surface area contributed by atoms with Gasteiger partial charge >= 0.3 is 0 Å². The van der Waals surface area contributed by atoms with E-state index in [2.05, 4.69) is 15.3 Å². The number of anilines is 1. The van der Waals surface area contributed by atoms with Crippen molar-refractivity contribution in [3.8, 4) is 11.3 Å². The van der Waals surface area contributed by atoms with Crippen molar-refractivity contribution in [3.63, 3.8) is 0 Å². The molecule has 0 atom stereocenters. The number of fused-ring (bicyclic) bond motifs is 1. The van der Waals surface area contributed by atoms with Gasteiger partial charge in [0, 0.05) is 29.6 Å². The van der Waals surface area contributed by atoms with Gasteiger partial charge in [0.15, 0.2) is 0 Å². The summed E-state index contributed by atoms with van der Waals surface area (Å²) >= 11 is 3.04. The normalized spacial score (nSPS) is 11.0. The number of nitrogens with one attached hydrogen (secondary N) is 1. The Balaban J connectivity index is 1.39. The lowest BCUT2D eigenvalue weighted by molar-refractivity contribution is -0.116. The van der Waals surface area contributed by atoms with Gasteiger partial charge in [-0.3, -0.25) is 14.2 Å². The summed E-state index contributed by atoms with van der Waals surface area (Å²) in [7, 11) is 0. The highest BCUT2D eigenvalue weighted by molar-refractivity contribution is 7.16. The molecule has 4 rings (SSSR count). The number of benzene rings is 1. The Hall–Kier alpha value is -2.84. The predicted octanol–water partition coefficient (Wildman–Crippen LogP) is 3.92. The first-order valence-corrected chi connectivity index (χ1v) is 10.1. The van der Waals surface area contributed by atoms with Crippen LogP contribution in [-0.4, -0.2) is 20.4 Å². The van der Waals surface area contributed by atoms with Gasteiger partial charge in [-0.25, -0.2) is 9.97 Å². The second kappa shape index (κ2) is 7.42. The van der Waals surface area contributed by atoms with Crippen LogP contribution in [0.5, 0.6) is 0 Å². The Morgan fingerprint density at radius 3 is 2.74 bits per heavy atom. The molecule has 0 radical (unpaired) electrons. The van der Waals surface area contributed by atoms with Gasteiger partial charge in [0.25, 0.3) is 5.56 Å². The number of amides is 1. The number of aromatic nitrogens is 3. The van der Waals surface area contributed by atoms with Crippen molar-refractivity contribution in [1.82, 2.24) is 14.5 Å². The third kappa shape index (κ3) is 3.81. The maximum absolute atomic E-state index is 12.3. The zero-order chi connectivity index (χ0) is 18.8. The summed E-state index contributed by atoms with van der Waals surface area (Å²) in [4.78, 5) is 34.0. The van der Waals surface area contributed by atoms with Crippen LogP contribution in [0.15, 0.2) is 52.2 Å². The minimum Gasteiger partial charge on any atom is -0.326 e. The minimum atomic E-state index is -0.149. The predicted molar refractivity (Wildman–Crippen MR) is 109 cm³/mol. The number of thiazole rings is 1. The van der Waals surface area contributed by atoms with Gasteiger partial charge in [-0.15, -0.1) is 22.7 Å². The fourth-order valence-corrected chi connectivity index (χ4v) is 4.06. The Morgan fingerprint density at radius 1 is 1.19 bits per heavy atom. The SMILES string of the molecule is Cc1nc(-c2ccc(NC(=O)CCn3cnc4sccc4c3=O)cc2)cs1. The third-order valence-electron chi connectivity index (χ3n) is 4.11. The van der Waals surface area contributed by atoms with Gasteiger partial charge in [0.05, 0.1) is 22.4 Å². The van der Waals surface area contributed by atoms with Gasteiger partial charge in [0.2, 0.25) is 5.91 Å². The van der Waals surface area contributed by atoms with E-state index in [0.717, 1.165) is 26.8 Å². The molecule has 0 aliphatic rings. The lowest BCUT2D eigenvalue weighted by Crippen LogP contribution is -2.23. The molecule has 0 bridgehead atoms. The average Bonchev–Trinajstić information content (AvgIpc) is 3.31. The summed E-state index contributed by atoms with van der Waals surface area (Å²) < 4.78 is 1.47. The van der Waals surface area contributed by atoms with E-state index in [4.69, 9.17) is 0 Å². The summed E-state index contributed by atoms with van der Waals surface area (Å²) in [5.41, 5.74) is 2.55. The van der Waals surface area contributed by atoms with Gasteiger partial charge < -0.3 is 5.32 Å².